The molecular weight excluding hydrogens is 268 g/mol. The summed E-state index contributed by atoms with van der Waals surface area (Å²) in [4.78, 5) is 8.11. The van der Waals surface area contributed by atoms with Crippen molar-refractivity contribution in [1.29, 1.82) is 0 Å². The van der Waals surface area contributed by atoms with E-state index in [-0.39, 0.29) is 0 Å². The van der Waals surface area contributed by atoms with Gasteiger partial charge in [0.1, 0.15) is 0 Å². The van der Waals surface area contributed by atoms with E-state index in [1.165, 1.54) is 10.6 Å². The number of hydrogen-bond acceptors (Lipinski definition) is 6. The van der Waals surface area contributed by atoms with E-state index in [1.807, 2.05) is 6.92 Å². The standard InChI is InChI=1S/C11H20N4O3S/c1-4-15(19(3,16)17)7-5-6-12-11-13-8-10(18-2)9-14-11/h8-9H,4-7H2,1-3H3,(H,12,13,14). The monoisotopic (exact) mass is 288 g/mol. The molecule has 8 heteroatoms. The summed E-state index contributed by atoms with van der Waals surface area (Å²) in [7, 11) is -1.56. The van der Waals surface area contributed by atoms with Crippen molar-refractivity contribution in [2.75, 3.05) is 38.3 Å². The van der Waals surface area contributed by atoms with Crippen LogP contribution in [0.2, 0.25) is 0 Å². The van der Waals surface area contributed by atoms with Crippen molar-refractivity contribution in [2.24, 2.45) is 0 Å². The van der Waals surface area contributed by atoms with Crippen molar-refractivity contribution in [1.82, 2.24) is 14.3 Å². The molecule has 0 radical (unpaired) electrons. The second kappa shape index (κ2) is 7.25. The first-order valence-corrected chi connectivity index (χ1v) is 7.87. The third-order valence-electron chi connectivity index (χ3n) is 2.55. The van der Waals surface area contributed by atoms with Crippen LogP contribution in [0.25, 0.3) is 0 Å². The summed E-state index contributed by atoms with van der Waals surface area (Å²) in [6.45, 7) is 3.40. The van der Waals surface area contributed by atoms with E-state index < -0.39 is 10.0 Å². The molecule has 0 amide bonds. The predicted molar refractivity (Wildman–Crippen MR) is 73.8 cm³/mol. The third kappa shape index (κ3) is 5.39. The molecule has 0 aliphatic carbocycles. The molecule has 0 bridgehead atoms. The molecule has 1 N–H and O–H groups in total. The van der Waals surface area contributed by atoms with Crippen LogP contribution in [0.3, 0.4) is 0 Å². The van der Waals surface area contributed by atoms with E-state index in [0.717, 1.165) is 0 Å². The van der Waals surface area contributed by atoms with Gasteiger partial charge in [0.2, 0.25) is 16.0 Å². The smallest absolute Gasteiger partial charge is 0.222 e. The fourth-order valence-corrected chi connectivity index (χ4v) is 2.46. The van der Waals surface area contributed by atoms with Gasteiger partial charge in [-0.15, -0.1) is 0 Å². The van der Waals surface area contributed by atoms with E-state index in [1.54, 1.807) is 19.5 Å². The zero-order valence-electron chi connectivity index (χ0n) is 11.5. The Labute approximate surface area is 114 Å². The molecule has 0 saturated carbocycles. The summed E-state index contributed by atoms with van der Waals surface area (Å²) < 4.78 is 29.1. The maximum atomic E-state index is 11.4. The molecule has 7 nitrogen and oxygen atoms in total. The minimum absolute atomic E-state index is 0.484. The van der Waals surface area contributed by atoms with Crippen LogP contribution >= 0.6 is 0 Å². The van der Waals surface area contributed by atoms with Crippen LogP contribution in [-0.4, -0.2) is 55.7 Å². The summed E-state index contributed by atoms with van der Waals surface area (Å²) in [6.07, 6.45) is 5.06. The first kappa shape index (κ1) is 15.6. The first-order chi connectivity index (χ1) is 8.97. The minimum atomic E-state index is -3.11. The average Bonchev–Trinajstić information content (AvgIpc) is 2.38. The Hall–Kier alpha value is -1.41. The lowest BCUT2D eigenvalue weighted by Crippen LogP contribution is -2.31. The Morgan fingerprint density at radius 1 is 1.37 bits per heavy atom. The number of nitrogens with zero attached hydrogens (tertiary/aromatic N) is 3. The number of methoxy groups -OCH3 is 1. The van der Waals surface area contributed by atoms with Gasteiger partial charge in [0.25, 0.3) is 0 Å². The molecule has 1 aromatic heterocycles. The van der Waals surface area contributed by atoms with Crippen LogP contribution in [0.5, 0.6) is 5.75 Å². The fourth-order valence-electron chi connectivity index (χ4n) is 1.53. The maximum absolute atomic E-state index is 11.4. The van der Waals surface area contributed by atoms with Crippen molar-refractivity contribution in [3.63, 3.8) is 0 Å². The molecule has 19 heavy (non-hydrogen) atoms. The SMILES string of the molecule is CCN(CCCNc1ncc(OC)cn1)S(C)(=O)=O. The summed E-state index contributed by atoms with van der Waals surface area (Å²) >= 11 is 0. The summed E-state index contributed by atoms with van der Waals surface area (Å²) in [6, 6.07) is 0. The summed E-state index contributed by atoms with van der Waals surface area (Å²) in [5.41, 5.74) is 0. The molecule has 1 rings (SSSR count). The molecule has 0 unspecified atom stereocenters. The highest BCUT2D eigenvalue weighted by atomic mass is 32.2. The van der Waals surface area contributed by atoms with E-state index in [4.69, 9.17) is 4.74 Å². The van der Waals surface area contributed by atoms with Crippen LogP contribution in [-0.2, 0) is 10.0 Å². The van der Waals surface area contributed by atoms with Gasteiger partial charge in [-0.2, -0.15) is 0 Å². The number of nitrogens with one attached hydrogen (secondary N) is 1. The number of rotatable bonds is 8. The van der Waals surface area contributed by atoms with Gasteiger partial charge in [0.15, 0.2) is 5.75 Å². The van der Waals surface area contributed by atoms with Crippen LogP contribution in [0.1, 0.15) is 13.3 Å². The maximum Gasteiger partial charge on any atom is 0.222 e. The second-order valence-corrected chi connectivity index (χ2v) is 5.96. The largest absolute Gasteiger partial charge is 0.494 e. The van der Waals surface area contributed by atoms with E-state index in [2.05, 4.69) is 15.3 Å². The number of aromatic nitrogens is 2. The molecule has 1 aromatic rings. The number of hydrogen-bond donors (Lipinski definition) is 1. The normalized spacial score (nSPS) is 11.6. The highest BCUT2D eigenvalue weighted by molar-refractivity contribution is 7.88. The zero-order valence-corrected chi connectivity index (χ0v) is 12.3. The van der Waals surface area contributed by atoms with Gasteiger partial charge < -0.3 is 10.1 Å². The molecule has 1 heterocycles. The van der Waals surface area contributed by atoms with Gasteiger partial charge in [-0.25, -0.2) is 22.7 Å². The molecule has 0 saturated heterocycles. The zero-order chi connectivity index (χ0) is 14.3. The molecular formula is C11H20N4O3S. The average molecular weight is 288 g/mol. The molecule has 0 aliphatic heterocycles. The van der Waals surface area contributed by atoms with Crippen molar-refractivity contribution in [2.45, 2.75) is 13.3 Å². The van der Waals surface area contributed by atoms with Crippen LogP contribution < -0.4 is 10.1 Å². The van der Waals surface area contributed by atoms with Crippen LogP contribution in [0.15, 0.2) is 12.4 Å². The van der Waals surface area contributed by atoms with Gasteiger partial charge in [-0.1, -0.05) is 6.92 Å². The molecule has 0 spiro atoms. The topological polar surface area (TPSA) is 84.4 Å². The molecule has 0 fully saturated rings. The Balaban J connectivity index is 2.34. The van der Waals surface area contributed by atoms with E-state index in [0.29, 0.717) is 37.8 Å². The van der Waals surface area contributed by atoms with Crippen LogP contribution in [0, 0.1) is 0 Å². The van der Waals surface area contributed by atoms with Gasteiger partial charge >= 0.3 is 0 Å². The molecule has 0 aliphatic rings. The fraction of sp³-hybridized carbons (Fsp3) is 0.636. The molecule has 0 atom stereocenters. The van der Waals surface area contributed by atoms with Gasteiger partial charge in [0, 0.05) is 19.6 Å². The highest BCUT2D eigenvalue weighted by Gasteiger charge is 2.13. The lowest BCUT2D eigenvalue weighted by molar-refractivity contribution is 0.410. The Morgan fingerprint density at radius 2 is 2.00 bits per heavy atom. The van der Waals surface area contributed by atoms with Crippen LogP contribution in [0.4, 0.5) is 5.95 Å². The van der Waals surface area contributed by atoms with Gasteiger partial charge in [0.05, 0.1) is 25.8 Å². The number of ether oxygens (including phenoxy) is 1. The predicted octanol–water partition coefficient (Wildman–Crippen LogP) is 0.569. The minimum Gasteiger partial charge on any atom is -0.494 e. The Kier molecular flexibility index (Phi) is 5.97. The molecule has 0 aromatic carbocycles. The van der Waals surface area contributed by atoms with E-state index in [9.17, 15) is 8.42 Å². The van der Waals surface area contributed by atoms with Crippen molar-refractivity contribution >= 4 is 16.0 Å². The van der Waals surface area contributed by atoms with Crippen molar-refractivity contribution in [3.05, 3.63) is 12.4 Å². The second-order valence-electron chi connectivity index (χ2n) is 3.98. The molecule has 108 valence electrons. The number of sulfonamides is 1. The van der Waals surface area contributed by atoms with Gasteiger partial charge in [-0.05, 0) is 6.42 Å². The number of anilines is 1. The quantitative estimate of drug-likeness (QED) is 0.704. The lowest BCUT2D eigenvalue weighted by Gasteiger charge is -2.17. The van der Waals surface area contributed by atoms with Crippen molar-refractivity contribution < 1.29 is 13.2 Å². The van der Waals surface area contributed by atoms with Gasteiger partial charge in [-0.3, -0.25) is 0 Å². The van der Waals surface area contributed by atoms with Crippen molar-refractivity contribution in [3.8, 4) is 5.75 Å². The highest BCUT2D eigenvalue weighted by Crippen LogP contribution is 2.07. The lowest BCUT2D eigenvalue weighted by atomic mass is 10.4. The summed E-state index contributed by atoms with van der Waals surface area (Å²) in [5, 5.41) is 3.03. The Bertz CT molecular complexity index is 475. The summed E-state index contributed by atoms with van der Waals surface area (Å²) in [5.74, 6) is 1.10. The first-order valence-electron chi connectivity index (χ1n) is 6.02. The third-order valence-corrected chi connectivity index (χ3v) is 3.93. The van der Waals surface area contributed by atoms with E-state index >= 15 is 0 Å². The Morgan fingerprint density at radius 3 is 2.47 bits per heavy atom.